The normalized spacial score (nSPS) is 10.1. The maximum Gasteiger partial charge on any atom is 0.348 e. The molecule has 0 aliphatic rings. The van der Waals surface area contributed by atoms with Gasteiger partial charge in [0.25, 0.3) is 0 Å². The number of thiophene rings is 1. The Hall–Kier alpha value is -2.01. The van der Waals surface area contributed by atoms with Crippen molar-refractivity contribution in [3.05, 3.63) is 45.3 Å². The lowest BCUT2D eigenvalue weighted by atomic mass is 10.2. The summed E-state index contributed by atoms with van der Waals surface area (Å²) >= 11 is 8.20. The van der Waals surface area contributed by atoms with Gasteiger partial charge in [0.2, 0.25) is 5.91 Å². The summed E-state index contributed by atoms with van der Waals surface area (Å²) in [6.07, 6.45) is 0. The van der Waals surface area contributed by atoms with Crippen LogP contribution in [0.15, 0.2) is 29.2 Å². The van der Waals surface area contributed by atoms with Crippen molar-refractivity contribution in [2.24, 2.45) is 0 Å². The number of thioether (sulfide) groups is 1. The van der Waals surface area contributed by atoms with Crippen LogP contribution in [0.3, 0.4) is 0 Å². The smallest absolute Gasteiger partial charge is 0.348 e. The molecule has 0 saturated heterocycles. The molecule has 0 saturated carbocycles. The lowest BCUT2D eigenvalue weighted by Gasteiger charge is -2.04. The third kappa shape index (κ3) is 4.29. The zero-order valence-electron chi connectivity index (χ0n) is 12.9. The molecule has 5 nitrogen and oxygen atoms in total. The summed E-state index contributed by atoms with van der Waals surface area (Å²) in [5.74, 6) is -0.606. The number of nitriles is 1. The molecule has 8 heteroatoms. The van der Waals surface area contributed by atoms with Gasteiger partial charge in [0, 0.05) is 9.92 Å². The first-order chi connectivity index (χ1) is 11.5. The lowest BCUT2D eigenvalue weighted by molar-refractivity contribution is -0.113. The molecule has 2 rings (SSSR count). The number of nitrogens with zero attached hydrogens (tertiary/aromatic N) is 1. The molecule has 124 valence electrons. The van der Waals surface area contributed by atoms with E-state index in [4.69, 9.17) is 11.6 Å². The van der Waals surface area contributed by atoms with Crippen LogP contribution in [0.5, 0.6) is 0 Å². The molecule has 0 aliphatic carbocycles. The monoisotopic (exact) mass is 380 g/mol. The molecular weight excluding hydrogens is 368 g/mol. The minimum Gasteiger partial charge on any atom is -0.465 e. The van der Waals surface area contributed by atoms with Gasteiger partial charge in [-0.3, -0.25) is 4.79 Å². The van der Waals surface area contributed by atoms with Crippen LogP contribution >= 0.6 is 34.7 Å². The van der Waals surface area contributed by atoms with Crippen molar-refractivity contribution >= 4 is 51.6 Å². The fourth-order valence-corrected chi connectivity index (χ4v) is 3.78. The van der Waals surface area contributed by atoms with Crippen LogP contribution in [0.4, 0.5) is 5.00 Å². The average Bonchev–Trinajstić information content (AvgIpc) is 2.89. The quantitative estimate of drug-likeness (QED) is 0.624. The third-order valence-corrected chi connectivity index (χ3v) is 5.52. The molecule has 0 atom stereocenters. The molecule has 1 N–H and O–H groups in total. The number of anilines is 1. The predicted octanol–water partition coefficient (Wildman–Crippen LogP) is 4.10. The maximum absolute atomic E-state index is 12.1. The molecule has 1 amide bonds. The Labute approximate surface area is 152 Å². The van der Waals surface area contributed by atoms with E-state index in [1.807, 2.05) is 18.2 Å². The Morgan fingerprint density at radius 3 is 2.62 bits per heavy atom. The van der Waals surface area contributed by atoms with Crippen LogP contribution in [0.1, 0.15) is 20.8 Å². The second-order valence-electron chi connectivity index (χ2n) is 4.65. The first-order valence-electron chi connectivity index (χ1n) is 6.76. The van der Waals surface area contributed by atoms with E-state index in [-0.39, 0.29) is 17.2 Å². The molecule has 1 aromatic heterocycles. The van der Waals surface area contributed by atoms with E-state index in [9.17, 15) is 14.9 Å². The summed E-state index contributed by atoms with van der Waals surface area (Å²) < 4.78 is 4.68. The highest BCUT2D eigenvalue weighted by Crippen LogP contribution is 2.33. The van der Waals surface area contributed by atoms with Crippen LogP contribution in [0.25, 0.3) is 0 Å². The minimum atomic E-state index is -0.523. The number of nitrogens with one attached hydrogen (secondary N) is 1. The Morgan fingerprint density at radius 2 is 2.04 bits per heavy atom. The van der Waals surface area contributed by atoms with Crippen LogP contribution in [-0.4, -0.2) is 24.7 Å². The van der Waals surface area contributed by atoms with Crippen LogP contribution in [0.2, 0.25) is 5.02 Å². The van der Waals surface area contributed by atoms with E-state index in [2.05, 4.69) is 10.1 Å². The number of carbonyl (C=O) groups is 2. The molecule has 0 spiro atoms. The summed E-state index contributed by atoms with van der Waals surface area (Å²) in [5, 5.41) is 12.9. The number of carbonyl (C=O) groups excluding carboxylic acids is 2. The van der Waals surface area contributed by atoms with E-state index >= 15 is 0 Å². The number of methoxy groups -OCH3 is 1. The fourth-order valence-electron chi connectivity index (χ4n) is 1.87. The minimum absolute atomic E-state index is 0.178. The van der Waals surface area contributed by atoms with Crippen LogP contribution in [0, 0.1) is 18.3 Å². The van der Waals surface area contributed by atoms with E-state index < -0.39 is 5.97 Å². The second-order valence-corrected chi connectivity index (χ2v) is 7.16. The van der Waals surface area contributed by atoms with Crippen molar-refractivity contribution in [3.8, 4) is 6.07 Å². The third-order valence-electron chi connectivity index (χ3n) is 3.07. The number of amides is 1. The predicted molar refractivity (Wildman–Crippen MR) is 95.9 cm³/mol. The van der Waals surface area contributed by atoms with Crippen molar-refractivity contribution in [1.29, 1.82) is 5.26 Å². The van der Waals surface area contributed by atoms with E-state index in [0.717, 1.165) is 16.2 Å². The average molecular weight is 381 g/mol. The highest BCUT2D eigenvalue weighted by Gasteiger charge is 2.21. The van der Waals surface area contributed by atoms with Gasteiger partial charge >= 0.3 is 5.97 Å². The summed E-state index contributed by atoms with van der Waals surface area (Å²) in [6, 6.07) is 9.17. The van der Waals surface area contributed by atoms with Crippen molar-refractivity contribution in [1.82, 2.24) is 0 Å². The lowest BCUT2D eigenvalue weighted by Crippen LogP contribution is -2.13. The van der Waals surface area contributed by atoms with Crippen LogP contribution < -0.4 is 5.32 Å². The van der Waals surface area contributed by atoms with Crippen molar-refractivity contribution in [2.75, 3.05) is 18.2 Å². The topological polar surface area (TPSA) is 79.2 Å². The molecule has 1 aromatic carbocycles. The van der Waals surface area contributed by atoms with Gasteiger partial charge < -0.3 is 10.1 Å². The number of rotatable bonds is 5. The molecular formula is C16H13ClN2O3S2. The Morgan fingerprint density at radius 1 is 1.38 bits per heavy atom. The second kappa shape index (κ2) is 8.20. The number of ether oxygens (including phenoxy) is 1. The van der Waals surface area contributed by atoms with Gasteiger partial charge in [0.1, 0.15) is 15.9 Å². The van der Waals surface area contributed by atoms with Gasteiger partial charge in [0.15, 0.2) is 0 Å². The maximum atomic E-state index is 12.1. The Kier molecular flexibility index (Phi) is 6.26. The summed E-state index contributed by atoms with van der Waals surface area (Å²) in [7, 11) is 1.27. The number of esters is 1. The standard InChI is InChI=1S/C16H13ClN2O3S2/c1-9-12(7-18)15(24-14(9)16(21)22-2)19-13(20)8-23-11-5-3-10(17)4-6-11/h3-6H,8H2,1-2H3,(H,19,20). The fraction of sp³-hybridized carbons (Fsp3) is 0.188. The molecule has 0 bridgehead atoms. The van der Waals surface area contributed by atoms with Gasteiger partial charge in [-0.25, -0.2) is 4.79 Å². The van der Waals surface area contributed by atoms with E-state index in [0.29, 0.717) is 20.5 Å². The van der Waals surface area contributed by atoms with Crippen molar-refractivity contribution in [3.63, 3.8) is 0 Å². The summed E-state index contributed by atoms with van der Waals surface area (Å²) in [6.45, 7) is 1.65. The van der Waals surface area contributed by atoms with E-state index in [1.165, 1.54) is 18.9 Å². The van der Waals surface area contributed by atoms with Gasteiger partial charge in [0.05, 0.1) is 18.4 Å². The molecule has 0 fully saturated rings. The van der Waals surface area contributed by atoms with Gasteiger partial charge in [-0.2, -0.15) is 5.26 Å². The van der Waals surface area contributed by atoms with Gasteiger partial charge in [-0.05, 0) is 36.8 Å². The zero-order valence-corrected chi connectivity index (χ0v) is 15.3. The highest BCUT2D eigenvalue weighted by atomic mass is 35.5. The molecule has 24 heavy (non-hydrogen) atoms. The molecule has 0 unspecified atom stereocenters. The molecule has 0 radical (unpaired) electrons. The Bertz CT molecular complexity index is 810. The molecule has 2 aromatic rings. The molecule has 1 heterocycles. The number of halogens is 1. The highest BCUT2D eigenvalue weighted by molar-refractivity contribution is 8.00. The van der Waals surface area contributed by atoms with Crippen molar-refractivity contribution < 1.29 is 14.3 Å². The summed E-state index contributed by atoms with van der Waals surface area (Å²) in [4.78, 5) is 25.0. The number of hydrogen-bond donors (Lipinski definition) is 1. The largest absolute Gasteiger partial charge is 0.465 e. The molecule has 0 aliphatic heterocycles. The summed E-state index contributed by atoms with van der Waals surface area (Å²) in [5.41, 5.74) is 0.792. The van der Waals surface area contributed by atoms with Crippen LogP contribution in [-0.2, 0) is 9.53 Å². The zero-order chi connectivity index (χ0) is 17.7. The number of benzene rings is 1. The number of hydrogen-bond acceptors (Lipinski definition) is 6. The first-order valence-corrected chi connectivity index (χ1v) is 8.94. The van der Waals surface area contributed by atoms with E-state index in [1.54, 1.807) is 19.1 Å². The van der Waals surface area contributed by atoms with Crippen molar-refractivity contribution in [2.45, 2.75) is 11.8 Å². The van der Waals surface area contributed by atoms with Gasteiger partial charge in [-0.1, -0.05) is 11.6 Å². The Balaban J connectivity index is 2.07. The SMILES string of the molecule is COC(=O)c1sc(NC(=O)CSc2ccc(Cl)cc2)c(C#N)c1C. The first kappa shape index (κ1) is 18.3. The van der Waals surface area contributed by atoms with Gasteiger partial charge in [-0.15, -0.1) is 23.1 Å².